The number of hydrogen-bond donors (Lipinski definition) is 1. The average Bonchev–Trinajstić information content (AvgIpc) is 3.00. The van der Waals surface area contributed by atoms with Crippen LogP contribution in [0.25, 0.3) is 0 Å². The van der Waals surface area contributed by atoms with Crippen LogP contribution in [0.15, 0.2) is 0 Å². The van der Waals surface area contributed by atoms with Crippen molar-refractivity contribution < 1.29 is 0 Å². The molecule has 1 saturated carbocycles. The predicted molar refractivity (Wildman–Crippen MR) is 67.1 cm³/mol. The summed E-state index contributed by atoms with van der Waals surface area (Å²) >= 11 is 0. The van der Waals surface area contributed by atoms with E-state index in [4.69, 9.17) is 0 Å². The Morgan fingerprint density at radius 1 is 1.27 bits per heavy atom. The van der Waals surface area contributed by atoms with Crippen LogP contribution in [0, 0.1) is 11.8 Å². The van der Waals surface area contributed by atoms with Crippen LogP contribution in [0.5, 0.6) is 0 Å². The van der Waals surface area contributed by atoms with Gasteiger partial charge in [0.25, 0.3) is 0 Å². The molecule has 0 amide bonds. The number of nitrogens with zero attached hydrogens (tertiary/aromatic N) is 1. The van der Waals surface area contributed by atoms with Crippen molar-refractivity contribution in [1.29, 1.82) is 0 Å². The Kier molecular flexibility index (Phi) is 5.07. The van der Waals surface area contributed by atoms with Crippen LogP contribution in [0.2, 0.25) is 0 Å². The van der Waals surface area contributed by atoms with Gasteiger partial charge in [0.2, 0.25) is 0 Å². The highest BCUT2D eigenvalue weighted by molar-refractivity contribution is 4.88. The molecule has 1 aliphatic carbocycles. The van der Waals surface area contributed by atoms with Gasteiger partial charge in [-0.05, 0) is 45.7 Å². The van der Waals surface area contributed by atoms with Crippen molar-refractivity contribution in [3.63, 3.8) is 0 Å². The van der Waals surface area contributed by atoms with Gasteiger partial charge in [0.05, 0.1) is 0 Å². The molecule has 0 aromatic rings. The van der Waals surface area contributed by atoms with Crippen molar-refractivity contribution >= 4 is 0 Å². The van der Waals surface area contributed by atoms with Gasteiger partial charge in [0.15, 0.2) is 0 Å². The van der Waals surface area contributed by atoms with Crippen molar-refractivity contribution in [1.82, 2.24) is 10.2 Å². The highest BCUT2D eigenvalue weighted by atomic mass is 15.1. The van der Waals surface area contributed by atoms with Crippen molar-refractivity contribution in [3.05, 3.63) is 0 Å². The van der Waals surface area contributed by atoms with E-state index in [1.807, 2.05) is 0 Å². The molecule has 2 nitrogen and oxygen atoms in total. The highest BCUT2D eigenvalue weighted by Crippen LogP contribution is 2.34. The second-order valence-electron chi connectivity index (χ2n) is 5.45. The summed E-state index contributed by atoms with van der Waals surface area (Å²) in [5.74, 6) is 1.74. The zero-order valence-corrected chi connectivity index (χ0v) is 11.1. The Labute approximate surface area is 95.4 Å². The highest BCUT2D eigenvalue weighted by Gasteiger charge is 2.32. The lowest BCUT2D eigenvalue weighted by Crippen LogP contribution is -2.44. The first-order valence-corrected chi connectivity index (χ1v) is 6.46. The molecule has 15 heavy (non-hydrogen) atoms. The van der Waals surface area contributed by atoms with Crippen LogP contribution in [0.3, 0.4) is 0 Å². The summed E-state index contributed by atoms with van der Waals surface area (Å²) in [5.41, 5.74) is 0. The molecule has 0 radical (unpaired) electrons. The second kappa shape index (κ2) is 5.86. The van der Waals surface area contributed by atoms with Crippen LogP contribution >= 0.6 is 0 Å². The average molecular weight is 212 g/mol. The molecule has 3 unspecified atom stereocenters. The summed E-state index contributed by atoms with van der Waals surface area (Å²) in [4.78, 5) is 2.38. The number of rotatable bonds is 7. The summed E-state index contributed by atoms with van der Waals surface area (Å²) in [6, 6.07) is 1.40. The summed E-state index contributed by atoms with van der Waals surface area (Å²) < 4.78 is 0. The van der Waals surface area contributed by atoms with E-state index in [2.05, 4.69) is 45.1 Å². The van der Waals surface area contributed by atoms with E-state index in [0.717, 1.165) is 24.4 Å². The molecule has 0 aromatic heterocycles. The van der Waals surface area contributed by atoms with Crippen molar-refractivity contribution in [2.75, 3.05) is 20.6 Å². The van der Waals surface area contributed by atoms with Crippen LogP contribution in [0.4, 0.5) is 0 Å². The third-order valence-electron chi connectivity index (χ3n) is 3.98. The first kappa shape index (κ1) is 13.0. The van der Waals surface area contributed by atoms with Crippen LogP contribution in [-0.2, 0) is 0 Å². The fraction of sp³-hybridized carbons (Fsp3) is 1.00. The lowest BCUT2D eigenvalue weighted by Gasteiger charge is -2.28. The van der Waals surface area contributed by atoms with Crippen molar-refractivity contribution in [2.45, 2.75) is 52.1 Å². The second-order valence-corrected chi connectivity index (χ2v) is 5.45. The zero-order chi connectivity index (χ0) is 11.4. The topological polar surface area (TPSA) is 15.3 Å². The van der Waals surface area contributed by atoms with E-state index in [-0.39, 0.29) is 0 Å². The molecule has 0 bridgehead atoms. The van der Waals surface area contributed by atoms with E-state index in [0.29, 0.717) is 6.04 Å². The van der Waals surface area contributed by atoms with Gasteiger partial charge in [-0.2, -0.15) is 0 Å². The van der Waals surface area contributed by atoms with E-state index in [1.165, 1.54) is 19.3 Å². The first-order valence-electron chi connectivity index (χ1n) is 6.46. The molecule has 1 rings (SSSR count). The lowest BCUT2D eigenvalue weighted by atomic mass is 10.0. The van der Waals surface area contributed by atoms with Crippen LogP contribution in [-0.4, -0.2) is 37.6 Å². The molecule has 90 valence electrons. The standard InChI is InChI=1S/C13H28N2/c1-6-10(2)11(3)14-9-13(15(4)5)12-7-8-12/h10-14H,6-9H2,1-5H3. The molecule has 1 aliphatic rings. The number of nitrogens with one attached hydrogen (secondary N) is 1. The molecule has 2 heteroatoms. The molecule has 0 aromatic carbocycles. The summed E-state index contributed by atoms with van der Waals surface area (Å²) in [6.07, 6.45) is 4.13. The van der Waals surface area contributed by atoms with Gasteiger partial charge >= 0.3 is 0 Å². The maximum atomic E-state index is 3.69. The van der Waals surface area contributed by atoms with Gasteiger partial charge in [-0.25, -0.2) is 0 Å². The monoisotopic (exact) mass is 212 g/mol. The first-order chi connectivity index (χ1) is 7.06. The molecule has 1 fully saturated rings. The lowest BCUT2D eigenvalue weighted by molar-refractivity contribution is 0.240. The SMILES string of the molecule is CCC(C)C(C)NCC(C1CC1)N(C)C. The molecule has 0 spiro atoms. The minimum atomic E-state index is 0.649. The Balaban J connectivity index is 2.26. The summed E-state index contributed by atoms with van der Waals surface area (Å²) in [7, 11) is 4.41. The fourth-order valence-corrected chi connectivity index (χ4v) is 2.11. The fourth-order valence-electron chi connectivity index (χ4n) is 2.11. The van der Waals surface area contributed by atoms with E-state index >= 15 is 0 Å². The van der Waals surface area contributed by atoms with Gasteiger partial charge in [-0.1, -0.05) is 20.3 Å². The van der Waals surface area contributed by atoms with Crippen LogP contribution < -0.4 is 5.32 Å². The van der Waals surface area contributed by atoms with Crippen LogP contribution in [0.1, 0.15) is 40.0 Å². The molecular formula is C13H28N2. The quantitative estimate of drug-likeness (QED) is 0.697. The molecule has 1 N–H and O–H groups in total. The van der Waals surface area contributed by atoms with E-state index in [1.54, 1.807) is 0 Å². The minimum absolute atomic E-state index is 0.649. The molecule has 0 aliphatic heterocycles. The van der Waals surface area contributed by atoms with E-state index in [9.17, 15) is 0 Å². The van der Waals surface area contributed by atoms with Gasteiger partial charge in [-0.3, -0.25) is 0 Å². The molecule has 0 heterocycles. The third-order valence-corrected chi connectivity index (χ3v) is 3.98. The minimum Gasteiger partial charge on any atom is -0.312 e. The summed E-state index contributed by atoms with van der Waals surface area (Å²) in [5, 5.41) is 3.69. The Morgan fingerprint density at radius 2 is 1.87 bits per heavy atom. The zero-order valence-electron chi connectivity index (χ0n) is 11.1. The van der Waals surface area contributed by atoms with Gasteiger partial charge in [0, 0.05) is 18.6 Å². The normalized spacial score (nSPS) is 22.8. The maximum Gasteiger partial charge on any atom is 0.0242 e. The predicted octanol–water partition coefficient (Wildman–Crippen LogP) is 2.35. The van der Waals surface area contributed by atoms with Gasteiger partial charge < -0.3 is 10.2 Å². The smallest absolute Gasteiger partial charge is 0.0242 e. The largest absolute Gasteiger partial charge is 0.312 e. The van der Waals surface area contributed by atoms with Gasteiger partial charge in [-0.15, -0.1) is 0 Å². The molecule has 3 atom stereocenters. The Bertz CT molecular complexity index is 173. The number of hydrogen-bond acceptors (Lipinski definition) is 2. The van der Waals surface area contributed by atoms with E-state index < -0.39 is 0 Å². The van der Waals surface area contributed by atoms with Crippen molar-refractivity contribution in [3.8, 4) is 0 Å². The molecular weight excluding hydrogens is 184 g/mol. The number of likely N-dealkylation sites (N-methyl/N-ethyl adjacent to an activating group) is 1. The van der Waals surface area contributed by atoms with Gasteiger partial charge in [0.1, 0.15) is 0 Å². The third kappa shape index (κ3) is 4.12. The maximum absolute atomic E-state index is 3.69. The Hall–Kier alpha value is -0.0800. The molecule has 0 saturated heterocycles. The van der Waals surface area contributed by atoms with Crippen molar-refractivity contribution in [2.24, 2.45) is 11.8 Å². The summed E-state index contributed by atoms with van der Waals surface area (Å²) in [6.45, 7) is 8.07. The Morgan fingerprint density at radius 3 is 2.27 bits per heavy atom.